The molecule has 0 amide bonds. The van der Waals surface area contributed by atoms with Crippen molar-refractivity contribution in [3.8, 4) is 5.75 Å². The first-order chi connectivity index (χ1) is 9.59. The Labute approximate surface area is 122 Å². The predicted octanol–water partition coefficient (Wildman–Crippen LogP) is 3.35. The van der Waals surface area contributed by atoms with Crippen LogP contribution < -0.4 is 10.1 Å². The summed E-state index contributed by atoms with van der Waals surface area (Å²) in [6.07, 6.45) is 3.66. The second-order valence-corrected chi connectivity index (χ2v) is 5.85. The van der Waals surface area contributed by atoms with Gasteiger partial charge >= 0.3 is 0 Å². The minimum absolute atomic E-state index is 0.275. The molecule has 2 rings (SSSR count). The lowest BCUT2D eigenvalue weighted by Gasteiger charge is -2.29. The quantitative estimate of drug-likeness (QED) is 0.867. The van der Waals surface area contributed by atoms with Gasteiger partial charge in [0.25, 0.3) is 0 Å². The van der Waals surface area contributed by atoms with Crippen molar-refractivity contribution in [3.63, 3.8) is 0 Å². The summed E-state index contributed by atoms with van der Waals surface area (Å²) in [5.41, 5.74) is 1.83. The number of fused-ring (bicyclic) bond motifs is 1. The van der Waals surface area contributed by atoms with Crippen LogP contribution >= 0.6 is 0 Å². The minimum atomic E-state index is -0.600. The molecule has 2 N–H and O–H groups in total. The van der Waals surface area contributed by atoms with E-state index in [4.69, 9.17) is 4.74 Å². The van der Waals surface area contributed by atoms with Gasteiger partial charge in [-0.05, 0) is 38.2 Å². The molecular formula is C17H27NO2. The molecule has 1 aromatic rings. The number of para-hydroxylation sites is 1. The lowest BCUT2D eigenvalue weighted by Crippen LogP contribution is -2.41. The Morgan fingerprint density at radius 3 is 2.80 bits per heavy atom. The highest BCUT2D eigenvalue weighted by molar-refractivity contribution is 5.43. The van der Waals surface area contributed by atoms with E-state index in [0.29, 0.717) is 6.54 Å². The van der Waals surface area contributed by atoms with Gasteiger partial charge < -0.3 is 15.2 Å². The largest absolute Gasteiger partial charge is 0.493 e. The molecule has 1 aliphatic rings. The van der Waals surface area contributed by atoms with E-state index in [1.54, 1.807) is 0 Å². The molecule has 3 heteroatoms. The fourth-order valence-corrected chi connectivity index (χ4v) is 2.79. The number of hydrogen-bond donors (Lipinski definition) is 2. The van der Waals surface area contributed by atoms with Gasteiger partial charge in [-0.3, -0.25) is 0 Å². The monoisotopic (exact) mass is 277 g/mol. The summed E-state index contributed by atoms with van der Waals surface area (Å²) in [5.74, 6) is 1.03. The number of hydrogen-bond acceptors (Lipinski definition) is 3. The van der Waals surface area contributed by atoms with Crippen LogP contribution in [0.5, 0.6) is 5.75 Å². The average Bonchev–Trinajstić information content (AvgIpc) is 2.68. The van der Waals surface area contributed by atoms with Crippen LogP contribution in [0.1, 0.15) is 56.7 Å². The lowest BCUT2D eigenvalue weighted by atomic mass is 9.95. The molecule has 1 unspecified atom stereocenters. The Hall–Kier alpha value is -1.06. The first kappa shape index (κ1) is 15.3. The molecule has 0 spiro atoms. The molecule has 112 valence electrons. The highest BCUT2D eigenvalue weighted by Gasteiger charge is 2.26. The maximum absolute atomic E-state index is 10.4. The number of ether oxygens (including phenoxy) is 1. The van der Waals surface area contributed by atoms with E-state index >= 15 is 0 Å². The summed E-state index contributed by atoms with van der Waals surface area (Å²) in [5, 5.41) is 14.0. The van der Waals surface area contributed by atoms with Crippen molar-refractivity contribution in [2.24, 2.45) is 0 Å². The fourth-order valence-electron chi connectivity index (χ4n) is 2.79. The van der Waals surface area contributed by atoms with E-state index < -0.39 is 5.60 Å². The number of benzene rings is 1. The average molecular weight is 277 g/mol. The summed E-state index contributed by atoms with van der Waals surface area (Å²) < 4.78 is 5.89. The smallest absolute Gasteiger partial charge is 0.126 e. The highest BCUT2D eigenvalue weighted by Crippen LogP contribution is 2.34. The van der Waals surface area contributed by atoms with E-state index in [-0.39, 0.29) is 6.04 Å². The van der Waals surface area contributed by atoms with E-state index in [1.165, 1.54) is 11.1 Å². The van der Waals surface area contributed by atoms with Crippen molar-refractivity contribution < 1.29 is 9.84 Å². The summed E-state index contributed by atoms with van der Waals surface area (Å²) in [6, 6.07) is 6.60. The molecule has 20 heavy (non-hydrogen) atoms. The standard InChI is InChI=1S/C17H27NO2/c1-4-17(19,5-2)12-18-15-10-7-11-20-16-13(3)8-6-9-14(15)16/h6,8-9,15,18-19H,4-5,7,10-12H2,1-3H3. The van der Waals surface area contributed by atoms with Gasteiger partial charge in [0, 0.05) is 18.2 Å². The van der Waals surface area contributed by atoms with Gasteiger partial charge in [0.05, 0.1) is 12.2 Å². The number of aliphatic hydroxyl groups is 1. The number of aryl methyl sites for hydroxylation is 1. The molecule has 0 fully saturated rings. The maximum Gasteiger partial charge on any atom is 0.126 e. The molecule has 0 aromatic heterocycles. The Kier molecular flexibility index (Phi) is 5.06. The number of nitrogens with one attached hydrogen (secondary N) is 1. The first-order valence-electron chi connectivity index (χ1n) is 7.77. The zero-order chi connectivity index (χ0) is 14.6. The van der Waals surface area contributed by atoms with Crippen LogP contribution in [0, 0.1) is 6.92 Å². The molecule has 0 radical (unpaired) electrons. The van der Waals surface area contributed by atoms with Crippen LogP contribution in [0.2, 0.25) is 0 Å². The Morgan fingerprint density at radius 1 is 1.35 bits per heavy atom. The molecule has 0 aliphatic carbocycles. The summed E-state index contributed by atoms with van der Waals surface area (Å²) in [7, 11) is 0. The van der Waals surface area contributed by atoms with Crippen molar-refractivity contribution in [3.05, 3.63) is 29.3 Å². The third kappa shape index (κ3) is 3.33. The second-order valence-electron chi connectivity index (χ2n) is 5.85. The normalized spacial score (nSPS) is 19.1. The van der Waals surface area contributed by atoms with Crippen molar-refractivity contribution >= 4 is 0 Å². The molecule has 3 nitrogen and oxygen atoms in total. The Morgan fingerprint density at radius 2 is 2.10 bits per heavy atom. The Balaban J connectivity index is 2.15. The summed E-state index contributed by atoms with van der Waals surface area (Å²) in [6.45, 7) is 7.59. The molecule has 0 saturated carbocycles. The summed E-state index contributed by atoms with van der Waals surface area (Å²) in [4.78, 5) is 0. The minimum Gasteiger partial charge on any atom is -0.493 e. The van der Waals surface area contributed by atoms with Gasteiger partial charge in [0.2, 0.25) is 0 Å². The molecule has 1 aliphatic heterocycles. The predicted molar refractivity (Wildman–Crippen MR) is 82.2 cm³/mol. The number of rotatable bonds is 5. The van der Waals surface area contributed by atoms with E-state index in [1.807, 2.05) is 13.8 Å². The zero-order valence-electron chi connectivity index (χ0n) is 12.9. The topological polar surface area (TPSA) is 41.5 Å². The van der Waals surface area contributed by atoms with Crippen molar-refractivity contribution in [1.29, 1.82) is 0 Å². The molecular weight excluding hydrogens is 250 g/mol. The molecule has 1 aromatic carbocycles. The third-order valence-corrected chi connectivity index (χ3v) is 4.50. The molecule has 1 atom stereocenters. The SMILES string of the molecule is CCC(O)(CC)CNC1CCCOc2c(C)cccc21. The third-order valence-electron chi connectivity index (χ3n) is 4.50. The van der Waals surface area contributed by atoms with Gasteiger partial charge in [-0.25, -0.2) is 0 Å². The van der Waals surface area contributed by atoms with Crippen LogP contribution in [0.4, 0.5) is 0 Å². The van der Waals surface area contributed by atoms with E-state index in [0.717, 1.165) is 38.0 Å². The van der Waals surface area contributed by atoms with Gasteiger partial charge in [0.15, 0.2) is 0 Å². The van der Waals surface area contributed by atoms with Gasteiger partial charge in [-0.2, -0.15) is 0 Å². The van der Waals surface area contributed by atoms with Crippen molar-refractivity contribution in [1.82, 2.24) is 5.32 Å². The van der Waals surface area contributed by atoms with Crippen LogP contribution in [0.25, 0.3) is 0 Å². The second kappa shape index (κ2) is 6.59. The van der Waals surface area contributed by atoms with Crippen LogP contribution in [-0.4, -0.2) is 23.9 Å². The van der Waals surface area contributed by atoms with Gasteiger partial charge in [-0.1, -0.05) is 32.0 Å². The van der Waals surface area contributed by atoms with Crippen LogP contribution in [-0.2, 0) is 0 Å². The fraction of sp³-hybridized carbons (Fsp3) is 0.647. The van der Waals surface area contributed by atoms with Crippen LogP contribution in [0.3, 0.4) is 0 Å². The lowest BCUT2D eigenvalue weighted by molar-refractivity contribution is 0.0295. The first-order valence-corrected chi connectivity index (χ1v) is 7.77. The highest BCUT2D eigenvalue weighted by atomic mass is 16.5. The molecule has 1 heterocycles. The Bertz CT molecular complexity index is 441. The van der Waals surface area contributed by atoms with Crippen molar-refractivity contribution in [2.45, 2.75) is 58.1 Å². The van der Waals surface area contributed by atoms with Gasteiger partial charge in [0.1, 0.15) is 5.75 Å². The molecule has 0 saturated heterocycles. The summed E-state index contributed by atoms with van der Waals surface area (Å²) >= 11 is 0. The maximum atomic E-state index is 10.4. The van der Waals surface area contributed by atoms with Gasteiger partial charge in [-0.15, -0.1) is 0 Å². The van der Waals surface area contributed by atoms with E-state index in [2.05, 4.69) is 30.4 Å². The zero-order valence-corrected chi connectivity index (χ0v) is 12.9. The van der Waals surface area contributed by atoms with E-state index in [9.17, 15) is 5.11 Å². The van der Waals surface area contributed by atoms with Crippen LogP contribution in [0.15, 0.2) is 18.2 Å². The van der Waals surface area contributed by atoms with Crippen molar-refractivity contribution in [2.75, 3.05) is 13.2 Å². The molecule has 0 bridgehead atoms.